The van der Waals surface area contributed by atoms with Gasteiger partial charge in [-0.15, -0.1) is 0 Å². The summed E-state index contributed by atoms with van der Waals surface area (Å²) in [5, 5.41) is 2.93. The van der Waals surface area contributed by atoms with Gasteiger partial charge in [-0.1, -0.05) is 49.7 Å². The maximum absolute atomic E-state index is 12.3. The van der Waals surface area contributed by atoms with E-state index < -0.39 is 0 Å². The lowest BCUT2D eigenvalue weighted by Crippen LogP contribution is -2.13. The number of Topliss-reactive ketones (excluding diaryl/α,β-unsaturated/α-hetero) is 1. The van der Waals surface area contributed by atoms with Crippen LogP contribution in [0.3, 0.4) is 0 Å². The molecule has 0 atom stereocenters. The van der Waals surface area contributed by atoms with E-state index in [1.54, 1.807) is 0 Å². The fraction of sp³-hybridized carbons (Fsp3) is 0.300. The summed E-state index contributed by atoms with van der Waals surface area (Å²) in [6, 6.07) is 14.0. The lowest BCUT2D eigenvalue weighted by molar-refractivity contribution is -0.116. The number of nitrogens with one attached hydrogen (secondary N) is 1. The average molecular weight is 307 g/mol. The normalized spacial score (nSPS) is 13.0. The van der Waals surface area contributed by atoms with Gasteiger partial charge in [0.05, 0.1) is 5.69 Å². The number of benzene rings is 2. The Morgan fingerprint density at radius 1 is 1.09 bits per heavy atom. The van der Waals surface area contributed by atoms with Gasteiger partial charge in [-0.2, -0.15) is 0 Å². The largest absolute Gasteiger partial charge is 0.325 e. The third-order valence-electron chi connectivity index (χ3n) is 4.31. The summed E-state index contributed by atoms with van der Waals surface area (Å²) in [4.78, 5) is 24.3. The summed E-state index contributed by atoms with van der Waals surface area (Å²) in [6.07, 6.45) is 3.62. The number of anilines is 1. The van der Waals surface area contributed by atoms with Crippen LogP contribution in [0.2, 0.25) is 0 Å². The van der Waals surface area contributed by atoms with Crippen LogP contribution < -0.4 is 5.32 Å². The summed E-state index contributed by atoms with van der Waals surface area (Å²) in [7, 11) is 0. The van der Waals surface area contributed by atoms with Gasteiger partial charge in [0, 0.05) is 18.4 Å². The van der Waals surface area contributed by atoms with Gasteiger partial charge in [-0.25, -0.2) is 0 Å². The average Bonchev–Trinajstić information content (AvgIpc) is 2.96. The fourth-order valence-electron chi connectivity index (χ4n) is 3.13. The Kier molecular flexibility index (Phi) is 4.56. The summed E-state index contributed by atoms with van der Waals surface area (Å²) in [5.41, 5.74) is 4.65. The molecule has 0 heterocycles. The van der Waals surface area contributed by atoms with E-state index in [1.165, 1.54) is 0 Å². The van der Waals surface area contributed by atoms with Gasteiger partial charge >= 0.3 is 0 Å². The maximum atomic E-state index is 12.3. The molecule has 3 rings (SSSR count). The number of hydrogen-bond donors (Lipinski definition) is 1. The van der Waals surface area contributed by atoms with Crippen molar-refractivity contribution in [3.05, 3.63) is 53.6 Å². The van der Waals surface area contributed by atoms with Gasteiger partial charge in [0.25, 0.3) is 0 Å². The van der Waals surface area contributed by atoms with Crippen LogP contribution in [0.15, 0.2) is 42.5 Å². The smallest absolute Gasteiger partial charge is 0.224 e. The van der Waals surface area contributed by atoms with Crippen molar-refractivity contribution in [2.24, 2.45) is 0 Å². The highest BCUT2D eigenvalue weighted by atomic mass is 16.1. The van der Waals surface area contributed by atoms with Crippen LogP contribution in [-0.4, -0.2) is 11.7 Å². The molecular formula is C20H21NO2. The molecule has 0 aromatic heterocycles. The van der Waals surface area contributed by atoms with Gasteiger partial charge in [0.2, 0.25) is 5.91 Å². The van der Waals surface area contributed by atoms with Crippen molar-refractivity contribution < 1.29 is 9.59 Å². The first kappa shape index (κ1) is 15.5. The van der Waals surface area contributed by atoms with E-state index in [2.05, 4.69) is 24.4 Å². The van der Waals surface area contributed by atoms with E-state index in [4.69, 9.17) is 0 Å². The number of hydrogen-bond acceptors (Lipinski definition) is 2. The molecule has 0 unspecified atom stereocenters. The van der Waals surface area contributed by atoms with Crippen LogP contribution in [0.4, 0.5) is 5.69 Å². The second-order valence-corrected chi connectivity index (χ2v) is 5.96. The molecule has 0 aliphatic heterocycles. The Morgan fingerprint density at radius 3 is 2.61 bits per heavy atom. The Balaban J connectivity index is 1.96. The van der Waals surface area contributed by atoms with Crippen LogP contribution >= 0.6 is 0 Å². The Morgan fingerprint density at radius 2 is 1.87 bits per heavy atom. The predicted molar refractivity (Wildman–Crippen MR) is 92.7 cm³/mol. The number of carbonyl (C=O) groups excluding carboxylic acids is 2. The maximum Gasteiger partial charge on any atom is 0.224 e. The van der Waals surface area contributed by atoms with E-state index in [-0.39, 0.29) is 11.7 Å². The molecule has 0 fully saturated rings. The molecule has 0 saturated carbocycles. The molecule has 1 amide bonds. The molecule has 118 valence electrons. The fourth-order valence-corrected chi connectivity index (χ4v) is 3.13. The molecule has 0 radical (unpaired) electrons. The van der Waals surface area contributed by atoms with Gasteiger partial charge in [0.1, 0.15) is 0 Å². The number of unbranched alkanes of at least 4 members (excludes halogenated alkanes) is 1. The van der Waals surface area contributed by atoms with E-state index in [0.717, 1.165) is 36.0 Å². The summed E-state index contributed by atoms with van der Waals surface area (Å²) in [6.45, 7) is 2.06. The van der Waals surface area contributed by atoms with Crippen molar-refractivity contribution in [1.82, 2.24) is 0 Å². The van der Waals surface area contributed by atoms with Crippen LogP contribution in [-0.2, 0) is 11.2 Å². The van der Waals surface area contributed by atoms with Crippen molar-refractivity contribution in [2.45, 2.75) is 39.0 Å². The monoisotopic (exact) mass is 307 g/mol. The van der Waals surface area contributed by atoms with Crippen molar-refractivity contribution in [1.29, 1.82) is 0 Å². The number of carbonyl (C=O) groups is 2. The first-order valence-corrected chi connectivity index (χ1v) is 8.25. The molecule has 23 heavy (non-hydrogen) atoms. The Labute approximate surface area is 136 Å². The zero-order valence-corrected chi connectivity index (χ0v) is 13.4. The van der Waals surface area contributed by atoms with Crippen molar-refractivity contribution in [3.63, 3.8) is 0 Å². The number of rotatable bonds is 5. The van der Waals surface area contributed by atoms with Gasteiger partial charge < -0.3 is 5.32 Å². The number of amides is 1. The first-order chi connectivity index (χ1) is 11.2. The second-order valence-electron chi connectivity index (χ2n) is 5.96. The highest BCUT2D eigenvalue weighted by Crippen LogP contribution is 2.36. The standard InChI is InChI=1S/C20H21NO2/c1-2-3-9-19(23)21-17-12-10-15(14-7-5-4-6-8-14)16-11-13-18(22)20(16)17/h4-8,10,12H,2-3,9,11,13H2,1H3,(H,21,23). The zero-order valence-electron chi connectivity index (χ0n) is 13.4. The molecule has 1 aliphatic carbocycles. The molecule has 3 nitrogen and oxygen atoms in total. The van der Waals surface area contributed by atoms with Gasteiger partial charge in [0.15, 0.2) is 5.78 Å². The molecule has 3 heteroatoms. The quantitative estimate of drug-likeness (QED) is 0.876. The minimum absolute atomic E-state index is 0.0128. The summed E-state index contributed by atoms with van der Waals surface area (Å²) >= 11 is 0. The van der Waals surface area contributed by atoms with E-state index in [9.17, 15) is 9.59 Å². The molecular weight excluding hydrogens is 286 g/mol. The molecule has 0 saturated heterocycles. The third kappa shape index (κ3) is 3.19. The molecule has 1 aliphatic rings. The summed E-state index contributed by atoms with van der Waals surface area (Å²) < 4.78 is 0. The topological polar surface area (TPSA) is 46.2 Å². The highest BCUT2D eigenvalue weighted by Gasteiger charge is 2.26. The Hall–Kier alpha value is -2.42. The van der Waals surface area contributed by atoms with Crippen LogP contribution in [0.1, 0.15) is 48.5 Å². The SMILES string of the molecule is CCCCC(=O)Nc1ccc(-c2ccccc2)c2c1C(=O)CC2. The van der Waals surface area contributed by atoms with Gasteiger partial charge in [-0.05, 0) is 35.6 Å². The zero-order chi connectivity index (χ0) is 16.2. The molecule has 2 aromatic rings. The predicted octanol–water partition coefficient (Wildman–Crippen LogP) is 4.61. The van der Waals surface area contributed by atoms with Crippen molar-refractivity contribution >= 4 is 17.4 Å². The lowest BCUT2D eigenvalue weighted by Gasteiger charge is -2.13. The van der Waals surface area contributed by atoms with Crippen LogP contribution in [0.25, 0.3) is 11.1 Å². The molecule has 2 aromatic carbocycles. The van der Waals surface area contributed by atoms with E-state index in [1.807, 2.05) is 30.3 Å². The molecule has 0 spiro atoms. The minimum Gasteiger partial charge on any atom is -0.325 e. The van der Waals surface area contributed by atoms with Gasteiger partial charge in [-0.3, -0.25) is 9.59 Å². The van der Waals surface area contributed by atoms with Crippen molar-refractivity contribution in [2.75, 3.05) is 5.32 Å². The van der Waals surface area contributed by atoms with E-state index >= 15 is 0 Å². The van der Waals surface area contributed by atoms with Crippen LogP contribution in [0.5, 0.6) is 0 Å². The number of ketones is 1. The summed E-state index contributed by atoms with van der Waals surface area (Å²) in [5.74, 6) is 0.116. The third-order valence-corrected chi connectivity index (χ3v) is 4.31. The minimum atomic E-state index is -0.0128. The van der Waals surface area contributed by atoms with E-state index in [0.29, 0.717) is 24.1 Å². The second kappa shape index (κ2) is 6.78. The lowest BCUT2D eigenvalue weighted by atomic mass is 9.95. The Bertz CT molecular complexity index is 735. The number of fused-ring (bicyclic) bond motifs is 1. The molecule has 0 bridgehead atoms. The highest BCUT2D eigenvalue weighted by molar-refractivity contribution is 6.09. The molecule has 1 N–H and O–H groups in total. The van der Waals surface area contributed by atoms with Crippen molar-refractivity contribution in [3.8, 4) is 11.1 Å². The van der Waals surface area contributed by atoms with Crippen LogP contribution in [0, 0.1) is 0 Å². The first-order valence-electron chi connectivity index (χ1n) is 8.25.